The van der Waals surface area contributed by atoms with Crippen molar-refractivity contribution in [3.05, 3.63) is 0 Å². The molecule has 0 radical (unpaired) electrons. The highest BCUT2D eigenvalue weighted by Crippen LogP contribution is 2.23. The summed E-state index contributed by atoms with van der Waals surface area (Å²) in [7, 11) is 3.92. The van der Waals surface area contributed by atoms with E-state index in [1.807, 2.05) is 23.9 Å². The average Bonchev–Trinajstić information content (AvgIpc) is 2.41. The fraction of sp³-hybridized carbons (Fsp3) is 0.857. The Balaban J connectivity index is 2.69. The first-order valence-corrected chi connectivity index (χ1v) is 7.46. The SMILES string of the molecule is CN(C)CCN(CC(=O)O)C1CCCCC1NCC(=O)O. The second-order valence-corrected chi connectivity index (χ2v) is 5.90. The molecule has 0 bridgehead atoms. The molecule has 0 aromatic carbocycles. The van der Waals surface area contributed by atoms with Crippen LogP contribution in [0.15, 0.2) is 0 Å². The number of rotatable bonds is 9. The second kappa shape index (κ2) is 8.96. The lowest BCUT2D eigenvalue weighted by molar-refractivity contribution is -0.140. The summed E-state index contributed by atoms with van der Waals surface area (Å²) in [6.45, 7) is 1.39. The van der Waals surface area contributed by atoms with Gasteiger partial charge in [0.15, 0.2) is 0 Å². The van der Waals surface area contributed by atoms with Crippen molar-refractivity contribution in [2.45, 2.75) is 37.8 Å². The first kappa shape index (κ1) is 17.9. The number of aliphatic carboxylic acids is 2. The molecule has 1 fully saturated rings. The van der Waals surface area contributed by atoms with E-state index in [9.17, 15) is 9.59 Å². The van der Waals surface area contributed by atoms with Crippen LogP contribution in [-0.2, 0) is 9.59 Å². The van der Waals surface area contributed by atoms with Crippen LogP contribution in [0.25, 0.3) is 0 Å². The normalized spacial score (nSPS) is 22.7. The Labute approximate surface area is 125 Å². The van der Waals surface area contributed by atoms with Crippen LogP contribution in [0.5, 0.6) is 0 Å². The van der Waals surface area contributed by atoms with E-state index < -0.39 is 11.9 Å². The Bertz CT molecular complexity index is 349. The minimum Gasteiger partial charge on any atom is -0.480 e. The molecule has 0 aliphatic heterocycles. The fourth-order valence-electron chi connectivity index (χ4n) is 2.87. The number of hydrogen-bond donors (Lipinski definition) is 3. The second-order valence-electron chi connectivity index (χ2n) is 5.90. The molecule has 122 valence electrons. The first-order chi connectivity index (χ1) is 9.90. The highest BCUT2D eigenvalue weighted by molar-refractivity contribution is 5.69. The van der Waals surface area contributed by atoms with Crippen LogP contribution < -0.4 is 5.32 Å². The van der Waals surface area contributed by atoms with Gasteiger partial charge in [-0.05, 0) is 26.9 Å². The fourth-order valence-corrected chi connectivity index (χ4v) is 2.87. The maximum Gasteiger partial charge on any atom is 0.317 e. The van der Waals surface area contributed by atoms with Crippen molar-refractivity contribution in [2.75, 3.05) is 40.3 Å². The summed E-state index contributed by atoms with van der Waals surface area (Å²) < 4.78 is 0. The molecule has 0 spiro atoms. The van der Waals surface area contributed by atoms with E-state index >= 15 is 0 Å². The van der Waals surface area contributed by atoms with Crippen LogP contribution in [0.1, 0.15) is 25.7 Å². The van der Waals surface area contributed by atoms with Crippen molar-refractivity contribution in [3.8, 4) is 0 Å². The number of nitrogens with one attached hydrogen (secondary N) is 1. The number of carbonyl (C=O) groups is 2. The van der Waals surface area contributed by atoms with E-state index in [1.165, 1.54) is 0 Å². The molecule has 7 nitrogen and oxygen atoms in total. The molecule has 0 heterocycles. The van der Waals surface area contributed by atoms with E-state index in [0.29, 0.717) is 6.54 Å². The standard InChI is InChI=1S/C14H27N3O4/c1-16(2)7-8-17(10-14(20)21)12-6-4-3-5-11(12)15-9-13(18)19/h11-12,15H,3-10H2,1-2H3,(H,18,19)(H,20,21). The Morgan fingerprint density at radius 3 is 2.33 bits per heavy atom. The molecule has 21 heavy (non-hydrogen) atoms. The molecule has 1 rings (SSSR count). The summed E-state index contributed by atoms with van der Waals surface area (Å²) in [6.07, 6.45) is 3.93. The van der Waals surface area contributed by atoms with Gasteiger partial charge in [-0.1, -0.05) is 12.8 Å². The van der Waals surface area contributed by atoms with Crippen LogP contribution in [0, 0.1) is 0 Å². The minimum atomic E-state index is -0.877. The van der Waals surface area contributed by atoms with Gasteiger partial charge < -0.3 is 20.4 Å². The third kappa shape index (κ3) is 6.88. The van der Waals surface area contributed by atoms with E-state index in [4.69, 9.17) is 10.2 Å². The van der Waals surface area contributed by atoms with Crippen LogP contribution in [0.3, 0.4) is 0 Å². The van der Waals surface area contributed by atoms with Crippen molar-refractivity contribution < 1.29 is 19.8 Å². The lowest BCUT2D eigenvalue weighted by Gasteiger charge is -2.40. The van der Waals surface area contributed by atoms with Gasteiger partial charge in [0.25, 0.3) is 0 Å². The summed E-state index contributed by atoms with van der Waals surface area (Å²) >= 11 is 0. The van der Waals surface area contributed by atoms with Gasteiger partial charge in [0, 0.05) is 25.2 Å². The molecular weight excluding hydrogens is 274 g/mol. The lowest BCUT2D eigenvalue weighted by Crippen LogP contribution is -2.55. The molecule has 0 aromatic rings. The summed E-state index contributed by atoms with van der Waals surface area (Å²) in [5.41, 5.74) is 0. The monoisotopic (exact) mass is 301 g/mol. The summed E-state index contributed by atoms with van der Waals surface area (Å²) in [5, 5.41) is 21.0. The largest absolute Gasteiger partial charge is 0.480 e. The van der Waals surface area contributed by atoms with Crippen molar-refractivity contribution in [1.82, 2.24) is 15.1 Å². The lowest BCUT2D eigenvalue weighted by atomic mass is 9.89. The highest BCUT2D eigenvalue weighted by Gasteiger charge is 2.31. The van der Waals surface area contributed by atoms with Crippen molar-refractivity contribution in [3.63, 3.8) is 0 Å². The molecule has 1 aliphatic carbocycles. The van der Waals surface area contributed by atoms with Gasteiger partial charge in [0.1, 0.15) is 0 Å². The van der Waals surface area contributed by atoms with Crippen molar-refractivity contribution in [2.24, 2.45) is 0 Å². The Morgan fingerprint density at radius 1 is 1.10 bits per heavy atom. The number of carboxylic acids is 2. The van der Waals surface area contributed by atoms with Crippen LogP contribution in [0.2, 0.25) is 0 Å². The summed E-state index contributed by atoms with van der Waals surface area (Å²) in [4.78, 5) is 25.8. The molecule has 0 aromatic heterocycles. The predicted molar refractivity (Wildman–Crippen MR) is 79.4 cm³/mol. The molecule has 2 unspecified atom stereocenters. The Kier molecular flexibility index (Phi) is 7.63. The molecule has 2 atom stereocenters. The molecular formula is C14H27N3O4. The molecule has 1 aliphatic rings. The molecule has 0 amide bonds. The third-order valence-electron chi connectivity index (χ3n) is 3.89. The van der Waals surface area contributed by atoms with E-state index in [0.717, 1.165) is 32.2 Å². The van der Waals surface area contributed by atoms with Gasteiger partial charge in [-0.3, -0.25) is 14.5 Å². The number of nitrogens with zero attached hydrogens (tertiary/aromatic N) is 2. The maximum absolute atomic E-state index is 11.1. The quantitative estimate of drug-likeness (QED) is 0.548. The Hall–Kier alpha value is -1.18. The highest BCUT2D eigenvalue weighted by atomic mass is 16.4. The minimum absolute atomic E-state index is 0.00373. The number of hydrogen-bond acceptors (Lipinski definition) is 5. The zero-order valence-electron chi connectivity index (χ0n) is 12.9. The van der Waals surface area contributed by atoms with E-state index in [1.54, 1.807) is 0 Å². The van der Waals surface area contributed by atoms with Gasteiger partial charge in [-0.15, -0.1) is 0 Å². The zero-order valence-corrected chi connectivity index (χ0v) is 12.9. The average molecular weight is 301 g/mol. The topological polar surface area (TPSA) is 93.1 Å². The number of likely N-dealkylation sites (N-methyl/N-ethyl adjacent to an activating group) is 1. The first-order valence-electron chi connectivity index (χ1n) is 7.46. The van der Waals surface area contributed by atoms with Gasteiger partial charge in [0.2, 0.25) is 0 Å². The van der Waals surface area contributed by atoms with Crippen molar-refractivity contribution >= 4 is 11.9 Å². The van der Waals surface area contributed by atoms with Crippen LogP contribution in [-0.4, -0.2) is 84.3 Å². The predicted octanol–water partition coefficient (Wildman–Crippen LogP) is -0.0800. The van der Waals surface area contributed by atoms with Crippen molar-refractivity contribution in [1.29, 1.82) is 0 Å². The maximum atomic E-state index is 11.1. The molecule has 7 heteroatoms. The summed E-state index contributed by atoms with van der Waals surface area (Å²) in [5.74, 6) is -1.71. The van der Waals surface area contributed by atoms with Gasteiger partial charge >= 0.3 is 11.9 Å². The molecule has 0 saturated heterocycles. The number of carboxylic acid groups (broad SMARTS) is 2. The van der Waals surface area contributed by atoms with Gasteiger partial charge in [0.05, 0.1) is 13.1 Å². The van der Waals surface area contributed by atoms with Gasteiger partial charge in [-0.2, -0.15) is 0 Å². The third-order valence-corrected chi connectivity index (χ3v) is 3.89. The smallest absolute Gasteiger partial charge is 0.317 e. The van der Waals surface area contributed by atoms with Crippen LogP contribution >= 0.6 is 0 Å². The molecule has 3 N–H and O–H groups in total. The zero-order chi connectivity index (χ0) is 15.8. The van der Waals surface area contributed by atoms with Crippen LogP contribution in [0.4, 0.5) is 0 Å². The van der Waals surface area contributed by atoms with E-state index in [2.05, 4.69) is 5.32 Å². The molecule has 1 saturated carbocycles. The van der Waals surface area contributed by atoms with Gasteiger partial charge in [-0.25, -0.2) is 0 Å². The van der Waals surface area contributed by atoms with E-state index in [-0.39, 0.29) is 25.2 Å². The summed E-state index contributed by atoms with van der Waals surface area (Å²) in [6, 6.07) is 0.144. The Morgan fingerprint density at radius 2 is 1.76 bits per heavy atom.